The van der Waals surface area contributed by atoms with E-state index in [1.165, 1.54) is 16.3 Å². The molecule has 2 saturated carbocycles. The zero-order chi connectivity index (χ0) is 59.9. The minimum absolute atomic E-state index is 0.00198. The van der Waals surface area contributed by atoms with E-state index in [0.29, 0.717) is 28.2 Å². The Labute approximate surface area is 492 Å². The van der Waals surface area contributed by atoms with Crippen LogP contribution in [0.2, 0.25) is 0 Å². The monoisotopic (exact) mass is 1250 g/mol. The number of aromatic nitrogens is 2. The summed E-state index contributed by atoms with van der Waals surface area (Å²) < 4.78 is 68.7. The maximum absolute atomic E-state index is 13.5. The summed E-state index contributed by atoms with van der Waals surface area (Å²) in [4.78, 5) is 57.9. The maximum atomic E-state index is 13.5. The second-order valence-corrected chi connectivity index (χ2v) is 30.6. The van der Waals surface area contributed by atoms with Crippen molar-refractivity contribution in [3.63, 3.8) is 0 Å². The fourth-order valence-electron chi connectivity index (χ4n) is 9.04. The number of sulfonamides is 2. The lowest BCUT2D eigenvalue weighted by atomic mass is 9.86. The van der Waals surface area contributed by atoms with Crippen LogP contribution in [-0.4, -0.2) is 98.3 Å². The Bertz CT molecular complexity index is 2910. The number of alkyl carbamates (subject to hydrolysis) is 2. The van der Waals surface area contributed by atoms with Crippen molar-refractivity contribution < 1.29 is 45.5 Å². The largest absolute Gasteiger partial charge is 0.447 e. The molecule has 4 aromatic rings. The number of aryl methyl sites for hydroxylation is 1. The predicted octanol–water partition coefficient (Wildman–Crippen LogP) is 11.3. The Kier molecular flexibility index (Phi) is 25.6. The van der Waals surface area contributed by atoms with Crippen LogP contribution in [0.4, 0.5) is 9.59 Å². The second kappa shape index (κ2) is 30.2. The summed E-state index contributed by atoms with van der Waals surface area (Å²) in [7, 11) is -7.49. The number of hydrogen-bond donors (Lipinski definition) is 6. The summed E-state index contributed by atoms with van der Waals surface area (Å²) in [6, 6.07) is 10.6. The highest BCUT2D eigenvalue weighted by Gasteiger charge is 2.31. The van der Waals surface area contributed by atoms with E-state index in [1.807, 2.05) is 61.6 Å². The van der Waals surface area contributed by atoms with Crippen LogP contribution >= 0.6 is 38.6 Å². The first-order valence-corrected chi connectivity index (χ1v) is 32.9. The summed E-state index contributed by atoms with van der Waals surface area (Å²) in [5, 5.41) is 13.7. The minimum atomic E-state index is -3.88. The molecule has 2 aliphatic carbocycles. The molecule has 2 aliphatic rings. The van der Waals surface area contributed by atoms with Gasteiger partial charge in [0, 0.05) is 58.8 Å². The normalized spacial score (nSPS) is 17.9. The molecule has 0 aliphatic heterocycles. The molecule has 2 aromatic heterocycles. The minimum Gasteiger partial charge on any atom is -0.447 e. The van der Waals surface area contributed by atoms with Gasteiger partial charge in [0.1, 0.15) is 0 Å². The fourth-order valence-corrected chi connectivity index (χ4v) is 15.0. The lowest BCUT2D eigenvalue weighted by Gasteiger charge is -2.28. The van der Waals surface area contributed by atoms with Crippen molar-refractivity contribution >= 4 is 82.7 Å². The van der Waals surface area contributed by atoms with Crippen molar-refractivity contribution in [1.82, 2.24) is 40.7 Å². The number of ether oxygens (including phenoxy) is 2. The van der Waals surface area contributed by atoms with Gasteiger partial charge < -0.3 is 30.7 Å². The van der Waals surface area contributed by atoms with Gasteiger partial charge in [0.2, 0.25) is 31.9 Å². The Morgan fingerprint density at radius 1 is 0.600 bits per heavy atom. The zero-order valence-corrected chi connectivity index (χ0v) is 54.1. The number of nitrogens with zero attached hydrogens (tertiary/aromatic N) is 2. The number of thiazole rings is 2. The van der Waals surface area contributed by atoms with Crippen molar-refractivity contribution in [1.29, 1.82) is 0 Å². The molecule has 23 heteroatoms. The molecular weight excluding hydrogens is 1160 g/mol. The van der Waals surface area contributed by atoms with E-state index >= 15 is 0 Å². The van der Waals surface area contributed by atoms with Crippen molar-refractivity contribution in [2.45, 2.75) is 237 Å². The summed E-state index contributed by atoms with van der Waals surface area (Å²) >= 11 is 6.66. The van der Waals surface area contributed by atoms with Gasteiger partial charge >= 0.3 is 12.2 Å². The SMILES string of the molecule is CC(C)NC(=O)Cc1ccc(-c2cnc(C3CCC(NC(=O)OC(C)C)CC3)s2)c(S(=O)(=O)NC(C)(C)C)c1.CC(C)OC(=O)NC1CCC(c2ncc(Br)s2)CC1.Cc1ccc(CC(=O)NC(C)C)cc1S(=O)(=O)NC(C)(C)C. The summed E-state index contributed by atoms with van der Waals surface area (Å²) in [5.74, 6) is 0.503. The van der Waals surface area contributed by atoms with E-state index in [1.54, 1.807) is 102 Å². The van der Waals surface area contributed by atoms with Gasteiger partial charge in [-0.15, -0.1) is 22.7 Å². The molecule has 0 saturated heterocycles. The van der Waals surface area contributed by atoms with Gasteiger partial charge in [-0.05, 0) is 200 Å². The number of amides is 4. The lowest BCUT2D eigenvalue weighted by Crippen LogP contribution is -2.40. The van der Waals surface area contributed by atoms with Gasteiger partial charge in [-0.3, -0.25) is 9.59 Å². The van der Waals surface area contributed by atoms with Crippen LogP contribution in [-0.2, 0) is 52.0 Å². The molecule has 0 unspecified atom stereocenters. The number of carbonyl (C=O) groups excluding carboxylic acids is 4. The Balaban J connectivity index is 0.000000283. The third-order valence-corrected chi connectivity index (χ3v) is 18.7. The first-order valence-electron chi connectivity index (χ1n) is 27.5. The van der Waals surface area contributed by atoms with Gasteiger partial charge in [-0.1, -0.05) is 24.3 Å². The molecule has 2 fully saturated rings. The lowest BCUT2D eigenvalue weighted by molar-refractivity contribution is -0.121. The molecule has 2 aromatic carbocycles. The standard InChI is InChI=1S/C28H42N4O5S2.C16H26N2O3S.C13H19BrN2O2S/c1-17(2)30-25(33)15-19-8-13-22(24(14-19)39(35,36)32-28(5,6)7)23-16-29-26(38-23)20-9-11-21(12-10-20)31-27(34)37-18(3)4;1-11(2)17-15(19)10-13-8-7-12(3)14(9-13)22(20,21)18-16(4,5)6;1-8(2)18-13(17)16-10-5-3-9(4-6-10)12-15-7-11(14)19-12/h8,13-14,16-18,20-21,32H,9-12,15H2,1-7H3,(H,30,33)(H,31,34);7-9,11,18H,10H2,1-6H3,(H,17,19);7-10H,3-6H2,1-2H3,(H,16,17). The van der Waals surface area contributed by atoms with Gasteiger partial charge in [0.15, 0.2) is 0 Å². The highest BCUT2D eigenvalue weighted by molar-refractivity contribution is 9.11. The Hall–Kier alpha value is -4.52. The predicted molar refractivity (Wildman–Crippen MR) is 322 cm³/mol. The number of halogens is 1. The van der Waals surface area contributed by atoms with Crippen LogP contribution in [0.25, 0.3) is 10.4 Å². The molecule has 6 N–H and O–H groups in total. The number of nitrogens with one attached hydrogen (secondary N) is 6. The number of rotatable bonds is 17. The van der Waals surface area contributed by atoms with Gasteiger partial charge in [0.05, 0.1) is 59.7 Å². The number of carbonyl (C=O) groups is 4. The van der Waals surface area contributed by atoms with Crippen molar-refractivity contribution in [3.05, 3.63) is 79.3 Å². The maximum Gasteiger partial charge on any atom is 0.407 e. The molecule has 6 rings (SSSR count). The molecule has 80 heavy (non-hydrogen) atoms. The van der Waals surface area contributed by atoms with E-state index in [2.05, 4.69) is 56.6 Å². The smallest absolute Gasteiger partial charge is 0.407 e. The van der Waals surface area contributed by atoms with E-state index in [4.69, 9.17) is 9.47 Å². The third-order valence-electron chi connectivity index (χ3n) is 12.2. The molecule has 0 bridgehead atoms. The van der Waals surface area contributed by atoms with Crippen molar-refractivity contribution in [2.75, 3.05) is 0 Å². The zero-order valence-electron chi connectivity index (χ0n) is 49.3. The van der Waals surface area contributed by atoms with E-state index in [0.717, 1.165) is 65.0 Å². The van der Waals surface area contributed by atoms with Crippen molar-refractivity contribution in [2.24, 2.45) is 0 Å². The van der Waals surface area contributed by atoms with Crippen LogP contribution < -0.4 is 30.7 Å². The van der Waals surface area contributed by atoms with Crippen LogP contribution in [0.5, 0.6) is 0 Å². The first-order chi connectivity index (χ1) is 37.1. The Morgan fingerprint density at radius 2 is 1.00 bits per heavy atom. The summed E-state index contributed by atoms with van der Waals surface area (Å²) in [6.45, 7) is 27.4. The van der Waals surface area contributed by atoms with Crippen LogP contribution in [0.1, 0.15) is 187 Å². The fraction of sp³-hybridized carbons (Fsp3) is 0.614. The third kappa shape index (κ3) is 23.8. The van der Waals surface area contributed by atoms with E-state index in [9.17, 15) is 36.0 Å². The van der Waals surface area contributed by atoms with Crippen LogP contribution in [0.15, 0.2) is 62.4 Å². The average molecular weight is 1250 g/mol. The molecular formula is C57H87BrN8O10S4. The second-order valence-electron chi connectivity index (χ2n) is 23.8. The quantitative estimate of drug-likeness (QED) is 0.0577. The van der Waals surface area contributed by atoms with E-state index in [-0.39, 0.29) is 88.9 Å². The van der Waals surface area contributed by atoms with Gasteiger partial charge in [-0.2, -0.15) is 0 Å². The topological polar surface area (TPSA) is 253 Å². The van der Waals surface area contributed by atoms with E-state index < -0.39 is 31.1 Å². The van der Waals surface area contributed by atoms with Crippen molar-refractivity contribution in [3.8, 4) is 10.4 Å². The molecule has 0 atom stereocenters. The summed E-state index contributed by atoms with van der Waals surface area (Å²) in [5.41, 5.74) is 1.29. The number of hydrogen-bond acceptors (Lipinski definition) is 14. The molecule has 2 heterocycles. The Morgan fingerprint density at radius 3 is 1.40 bits per heavy atom. The molecule has 0 radical (unpaired) electrons. The van der Waals surface area contributed by atoms with Crippen LogP contribution in [0.3, 0.4) is 0 Å². The number of benzene rings is 2. The van der Waals surface area contributed by atoms with Crippen LogP contribution in [0, 0.1) is 6.92 Å². The molecule has 0 spiro atoms. The molecule has 18 nitrogen and oxygen atoms in total. The van der Waals surface area contributed by atoms with Gasteiger partial charge in [0.25, 0.3) is 0 Å². The summed E-state index contributed by atoms with van der Waals surface area (Å²) in [6.07, 6.45) is 10.5. The average Bonchev–Trinajstić information content (AvgIpc) is 4.00. The first kappa shape index (κ1) is 68.0. The van der Waals surface area contributed by atoms with Gasteiger partial charge in [-0.25, -0.2) is 45.8 Å². The highest BCUT2D eigenvalue weighted by atomic mass is 79.9. The highest BCUT2D eigenvalue weighted by Crippen LogP contribution is 2.40. The molecule has 446 valence electrons. The molecule has 4 amide bonds.